The number of benzene rings is 2. The van der Waals surface area contributed by atoms with Crippen LogP contribution in [0.15, 0.2) is 54.6 Å². The highest BCUT2D eigenvalue weighted by molar-refractivity contribution is 5.98. The van der Waals surface area contributed by atoms with Crippen molar-refractivity contribution >= 4 is 17.3 Å². The maximum atomic E-state index is 9.42. The number of fused-ring (bicyclic) bond motifs is 2. The van der Waals surface area contributed by atoms with E-state index in [1.54, 1.807) is 6.08 Å². The second-order valence-electron chi connectivity index (χ2n) is 8.08. The molecular formula is C25H25N3. The van der Waals surface area contributed by atoms with Crippen molar-refractivity contribution in [3.63, 3.8) is 0 Å². The van der Waals surface area contributed by atoms with Crippen LogP contribution in [-0.2, 0) is 0 Å². The van der Waals surface area contributed by atoms with Gasteiger partial charge in [-0.3, -0.25) is 4.90 Å². The van der Waals surface area contributed by atoms with Crippen molar-refractivity contribution in [3.05, 3.63) is 76.9 Å². The Morgan fingerprint density at radius 2 is 1.57 bits per heavy atom. The zero-order valence-corrected chi connectivity index (χ0v) is 16.1. The Bertz CT molecular complexity index is 983. The van der Waals surface area contributed by atoms with E-state index in [2.05, 4.69) is 70.5 Å². The lowest BCUT2D eigenvalue weighted by molar-refractivity contribution is 0.170. The van der Waals surface area contributed by atoms with Crippen LogP contribution in [0.5, 0.6) is 0 Å². The molecule has 2 aromatic rings. The summed E-state index contributed by atoms with van der Waals surface area (Å²) in [5.74, 6) is 0.954. The molecule has 0 spiro atoms. The Kier molecular flexibility index (Phi) is 4.50. The van der Waals surface area contributed by atoms with Crippen LogP contribution >= 0.6 is 0 Å². The fourth-order valence-corrected chi connectivity index (χ4v) is 4.50. The average molecular weight is 367 g/mol. The molecule has 2 fully saturated rings. The highest BCUT2D eigenvalue weighted by Gasteiger charge is 2.28. The lowest BCUT2D eigenvalue weighted by Crippen LogP contribution is -2.46. The largest absolute Gasteiger partial charge is 0.368 e. The average Bonchev–Trinajstić information content (AvgIpc) is 3.56. The van der Waals surface area contributed by atoms with Crippen LogP contribution in [0.2, 0.25) is 0 Å². The molecule has 0 aromatic heterocycles. The van der Waals surface area contributed by atoms with Crippen LogP contribution in [0.4, 0.5) is 0 Å². The summed E-state index contributed by atoms with van der Waals surface area (Å²) in [5, 5.41) is 9.42. The van der Waals surface area contributed by atoms with Gasteiger partial charge in [0.1, 0.15) is 0 Å². The van der Waals surface area contributed by atoms with Crippen molar-refractivity contribution in [3.8, 4) is 6.07 Å². The van der Waals surface area contributed by atoms with Crippen LogP contribution in [0, 0.1) is 17.2 Å². The molecule has 0 unspecified atom stereocenters. The molecule has 1 saturated heterocycles. The van der Waals surface area contributed by atoms with Gasteiger partial charge in [0.15, 0.2) is 0 Å². The minimum Gasteiger partial charge on any atom is -0.368 e. The molecule has 0 N–H and O–H groups in total. The molecule has 0 bridgehead atoms. The number of hydrogen-bond donors (Lipinski definition) is 0. The quantitative estimate of drug-likeness (QED) is 0.749. The highest BCUT2D eigenvalue weighted by atomic mass is 15.3. The van der Waals surface area contributed by atoms with Gasteiger partial charge in [0.2, 0.25) is 0 Å². The van der Waals surface area contributed by atoms with Crippen LogP contribution in [0.25, 0.3) is 17.3 Å². The summed E-state index contributed by atoms with van der Waals surface area (Å²) in [6.45, 7) is 5.68. The molecule has 2 aromatic carbocycles. The summed E-state index contributed by atoms with van der Waals surface area (Å²) in [5.41, 5.74) is 7.02. The molecular weight excluding hydrogens is 342 g/mol. The van der Waals surface area contributed by atoms with E-state index in [4.69, 9.17) is 0 Å². The lowest BCUT2D eigenvalue weighted by Gasteiger charge is -2.37. The second kappa shape index (κ2) is 7.30. The molecule has 3 nitrogen and oxygen atoms in total. The topological polar surface area (TPSA) is 30.3 Å². The van der Waals surface area contributed by atoms with E-state index in [0.717, 1.165) is 48.8 Å². The Hall–Kier alpha value is -2.83. The molecule has 0 radical (unpaired) electrons. The van der Waals surface area contributed by atoms with Gasteiger partial charge in [0.25, 0.3) is 0 Å². The first kappa shape index (κ1) is 17.3. The first-order chi connectivity index (χ1) is 13.8. The van der Waals surface area contributed by atoms with Gasteiger partial charge >= 0.3 is 0 Å². The fourth-order valence-electron chi connectivity index (χ4n) is 4.50. The smallest absolute Gasteiger partial charge is 0.0918 e. The van der Waals surface area contributed by atoms with Gasteiger partial charge in [0, 0.05) is 55.6 Å². The lowest BCUT2D eigenvalue weighted by atomic mass is 9.93. The minimum absolute atomic E-state index is 0.954. The van der Waals surface area contributed by atoms with E-state index in [0.29, 0.717) is 0 Å². The number of nitriles is 1. The fraction of sp³-hybridized carbons (Fsp3) is 0.320. The molecule has 0 atom stereocenters. The Labute approximate surface area is 167 Å². The molecule has 2 aliphatic carbocycles. The summed E-state index contributed by atoms with van der Waals surface area (Å²) in [6, 6.07) is 19.2. The van der Waals surface area contributed by atoms with E-state index < -0.39 is 0 Å². The SMILES string of the molecule is N#CC=C1c2ccccc2C=C(N2CCN(CC3CC3)CC2)c2ccccc21. The first-order valence-corrected chi connectivity index (χ1v) is 10.3. The third kappa shape index (κ3) is 3.25. The number of hydrogen-bond acceptors (Lipinski definition) is 3. The van der Waals surface area contributed by atoms with E-state index in [1.165, 1.54) is 36.2 Å². The van der Waals surface area contributed by atoms with Crippen LogP contribution in [-0.4, -0.2) is 42.5 Å². The predicted molar refractivity (Wildman–Crippen MR) is 114 cm³/mol. The number of nitrogens with zero attached hydrogens (tertiary/aromatic N) is 3. The summed E-state index contributed by atoms with van der Waals surface area (Å²) < 4.78 is 0. The number of allylic oxidation sites excluding steroid dienone is 1. The van der Waals surface area contributed by atoms with Crippen LogP contribution in [0.3, 0.4) is 0 Å². The Balaban J connectivity index is 1.54. The molecule has 0 amide bonds. The van der Waals surface area contributed by atoms with Crippen molar-refractivity contribution in [2.24, 2.45) is 5.92 Å². The molecule has 1 aliphatic heterocycles. The molecule has 3 heteroatoms. The monoisotopic (exact) mass is 367 g/mol. The number of piperazine rings is 1. The molecule has 140 valence electrons. The summed E-state index contributed by atoms with van der Waals surface area (Å²) >= 11 is 0. The predicted octanol–water partition coefficient (Wildman–Crippen LogP) is 4.48. The Morgan fingerprint density at radius 1 is 0.893 bits per heavy atom. The zero-order chi connectivity index (χ0) is 18.9. The molecule has 28 heavy (non-hydrogen) atoms. The van der Waals surface area contributed by atoms with Crippen LogP contribution < -0.4 is 0 Å². The van der Waals surface area contributed by atoms with Gasteiger partial charge in [-0.05, 0) is 41.5 Å². The second-order valence-corrected chi connectivity index (χ2v) is 8.08. The van der Waals surface area contributed by atoms with Crippen molar-refractivity contribution in [1.82, 2.24) is 9.80 Å². The normalized spacial score (nSPS) is 20.8. The van der Waals surface area contributed by atoms with Gasteiger partial charge in [-0.1, -0.05) is 48.5 Å². The minimum atomic E-state index is 0.954. The third-order valence-corrected chi connectivity index (χ3v) is 6.17. The standard InChI is InChI=1S/C25H25N3/c26-12-11-23-21-6-2-1-5-20(21)17-25(24-8-4-3-7-22(23)24)28-15-13-27(14-16-28)18-19-9-10-19/h1-8,11,17,19H,9-10,13-16,18H2. The van der Waals surface area contributed by atoms with E-state index in [9.17, 15) is 5.26 Å². The van der Waals surface area contributed by atoms with Crippen molar-refractivity contribution in [1.29, 1.82) is 5.26 Å². The number of rotatable bonds is 3. The third-order valence-electron chi connectivity index (χ3n) is 6.17. The van der Waals surface area contributed by atoms with Crippen LogP contribution in [0.1, 0.15) is 35.1 Å². The van der Waals surface area contributed by atoms with E-state index >= 15 is 0 Å². The van der Waals surface area contributed by atoms with Gasteiger partial charge in [-0.25, -0.2) is 0 Å². The molecule has 1 saturated carbocycles. The van der Waals surface area contributed by atoms with Gasteiger partial charge < -0.3 is 4.90 Å². The maximum absolute atomic E-state index is 9.42. The van der Waals surface area contributed by atoms with Crippen molar-refractivity contribution in [2.75, 3.05) is 32.7 Å². The summed E-state index contributed by atoms with van der Waals surface area (Å²) in [6.07, 6.45) is 6.86. The molecule has 1 heterocycles. The van der Waals surface area contributed by atoms with E-state index in [-0.39, 0.29) is 0 Å². The highest BCUT2D eigenvalue weighted by Crippen LogP contribution is 2.39. The molecule has 5 rings (SSSR count). The zero-order valence-electron chi connectivity index (χ0n) is 16.1. The van der Waals surface area contributed by atoms with Gasteiger partial charge in [-0.15, -0.1) is 0 Å². The summed E-state index contributed by atoms with van der Waals surface area (Å²) in [7, 11) is 0. The Morgan fingerprint density at radius 3 is 2.29 bits per heavy atom. The van der Waals surface area contributed by atoms with Crippen molar-refractivity contribution in [2.45, 2.75) is 12.8 Å². The maximum Gasteiger partial charge on any atom is 0.0918 e. The van der Waals surface area contributed by atoms with E-state index in [1.807, 2.05) is 0 Å². The molecule has 3 aliphatic rings. The van der Waals surface area contributed by atoms with Gasteiger partial charge in [-0.2, -0.15) is 5.26 Å². The van der Waals surface area contributed by atoms with Crippen molar-refractivity contribution < 1.29 is 0 Å². The van der Waals surface area contributed by atoms with Gasteiger partial charge in [0.05, 0.1) is 6.07 Å². The first-order valence-electron chi connectivity index (χ1n) is 10.3. The summed E-state index contributed by atoms with van der Waals surface area (Å²) in [4.78, 5) is 5.17.